The lowest BCUT2D eigenvalue weighted by atomic mass is 10.2. The molecule has 7 nitrogen and oxygen atoms in total. The molecular formula is C18H18BrN5O2S2. The predicted molar refractivity (Wildman–Crippen MR) is 116 cm³/mol. The molecule has 0 saturated carbocycles. The number of halogens is 1. The lowest BCUT2D eigenvalue weighted by Gasteiger charge is -2.15. The largest absolute Gasteiger partial charge is 0.354 e. The van der Waals surface area contributed by atoms with Crippen molar-refractivity contribution in [3.05, 3.63) is 51.0 Å². The first-order valence-corrected chi connectivity index (χ1v) is 10.6. The van der Waals surface area contributed by atoms with Crippen LogP contribution in [0, 0.1) is 4.77 Å². The van der Waals surface area contributed by atoms with Crippen molar-refractivity contribution in [2.45, 2.75) is 19.4 Å². The van der Waals surface area contributed by atoms with Gasteiger partial charge in [0.2, 0.25) is 11.8 Å². The van der Waals surface area contributed by atoms with Crippen LogP contribution in [0.3, 0.4) is 0 Å². The monoisotopic (exact) mass is 479 g/mol. The molecule has 1 aromatic carbocycles. The van der Waals surface area contributed by atoms with Gasteiger partial charge in [-0.25, -0.2) is 0 Å². The van der Waals surface area contributed by atoms with Crippen molar-refractivity contribution >= 4 is 57.0 Å². The van der Waals surface area contributed by atoms with E-state index in [1.807, 2.05) is 29.6 Å². The maximum Gasteiger partial charge on any atom is 0.242 e. The number of carbonyl (C=O) groups is 2. The van der Waals surface area contributed by atoms with Gasteiger partial charge in [-0.1, -0.05) is 22.0 Å². The van der Waals surface area contributed by atoms with E-state index in [1.165, 1.54) is 11.3 Å². The summed E-state index contributed by atoms with van der Waals surface area (Å²) >= 11 is 10.1. The van der Waals surface area contributed by atoms with Crippen LogP contribution in [0.2, 0.25) is 0 Å². The Bertz CT molecular complexity index is 1010. The Labute approximate surface area is 179 Å². The average Bonchev–Trinajstić information content (AvgIpc) is 3.32. The Morgan fingerprint density at radius 1 is 1.32 bits per heavy atom. The highest BCUT2D eigenvalue weighted by Crippen LogP contribution is 2.25. The van der Waals surface area contributed by atoms with Crippen LogP contribution in [0.1, 0.15) is 19.4 Å². The molecule has 0 saturated heterocycles. The van der Waals surface area contributed by atoms with Crippen LogP contribution in [0.15, 0.2) is 46.3 Å². The summed E-state index contributed by atoms with van der Waals surface area (Å²) in [5.41, 5.74) is 0.707. The summed E-state index contributed by atoms with van der Waals surface area (Å²) in [6.45, 7) is 1.98. The number of benzene rings is 1. The molecule has 0 aliphatic carbocycles. The van der Waals surface area contributed by atoms with E-state index >= 15 is 0 Å². The van der Waals surface area contributed by atoms with Gasteiger partial charge in [0, 0.05) is 23.1 Å². The second-order valence-electron chi connectivity index (χ2n) is 5.97. The number of nitrogens with one attached hydrogen (secondary N) is 3. The van der Waals surface area contributed by atoms with Gasteiger partial charge in [0.1, 0.15) is 6.04 Å². The van der Waals surface area contributed by atoms with Gasteiger partial charge in [-0.2, -0.15) is 5.10 Å². The first-order valence-electron chi connectivity index (χ1n) is 8.49. The van der Waals surface area contributed by atoms with Gasteiger partial charge in [0.25, 0.3) is 0 Å². The van der Waals surface area contributed by atoms with E-state index in [-0.39, 0.29) is 24.8 Å². The minimum Gasteiger partial charge on any atom is -0.354 e. The molecule has 0 bridgehead atoms. The Morgan fingerprint density at radius 3 is 2.75 bits per heavy atom. The molecule has 146 valence electrons. The smallest absolute Gasteiger partial charge is 0.242 e. The van der Waals surface area contributed by atoms with Crippen molar-refractivity contribution in [3.8, 4) is 10.7 Å². The van der Waals surface area contributed by atoms with Crippen molar-refractivity contribution in [2.75, 3.05) is 11.9 Å². The van der Waals surface area contributed by atoms with Crippen LogP contribution in [-0.4, -0.2) is 33.1 Å². The van der Waals surface area contributed by atoms with Crippen LogP contribution >= 0.6 is 39.5 Å². The fourth-order valence-electron chi connectivity index (χ4n) is 2.56. The molecule has 2 amide bonds. The molecule has 10 heteroatoms. The lowest BCUT2D eigenvalue weighted by molar-refractivity contribution is -0.124. The van der Waals surface area contributed by atoms with Crippen LogP contribution in [0.25, 0.3) is 10.7 Å². The first kappa shape index (κ1) is 20.4. The number of carbonyl (C=O) groups excluding carboxylic acids is 2. The molecule has 1 unspecified atom stereocenters. The van der Waals surface area contributed by atoms with E-state index < -0.39 is 6.04 Å². The van der Waals surface area contributed by atoms with Gasteiger partial charge < -0.3 is 10.6 Å². The minimum absolute atomic E-state index is 0.170. The molecule has 3 rings (SSSR count). The van der Waals surface area contributed by atoms with E-state index in [0.717, 1.165) is 9.35 Å². The summed E-state index contributed by atoms with van der Waals surface area (Å²) in [6, 6.07) is 10.6. The highest BCUT2D eigenvalue weighted by atomic mass is 79.9. The Balaban J connectivity index is 1.55. The zero-order valence-electron chi connectivity index (χ0n) is 14.9. The zero-order chi connectivity index (χ0) is 20.1. The number of nitrogens with zero attached hydrogens (tertiary/aromatic N) is 2. The van der Waals surface area contributed by atoms with E-state index in [9.17, 15) is 9.59 Å². The Morgan fingerprint density at radius 2 is 2.07 bits per heavy atom. The quantitative estimate of drug-likeness (QED) is 0.444. The van der Waals surface area contributed by atoms with Crippen molar-refractivity contribution in [2.24, 2.45) is 0 Å². The van der Waals surface area contributed by atoms with Crippen LogP contribution in [0.5, 0.6) is 0 Å². The molecule has 1 atom stereocenters. The molecule has 0 spiro atoms. The molecule has 0 fully saturated rings. The number of aromatic nitrogens is 3. The van der Waals surface area contributed by atoms with Crippen LogP contribution in [0.4, 0.5) is 5.69 Å². The summed E-state index contributed by atoms with van der Waals surface area (Å²) in [5, 5.41) is 14.5. The third-order valence-electron chi connectivity index (χ3n) is 3.99. The Kier molecular flexibility index (Phi) is 6.76. The standard InChI is InChI=1S/C18H18BrN5O2S2/c1-11(24-16(22-23-18(24)27)14-3-2-10-28-14)17(26)20-9-8-15(25)21-13-6-4-12(19)5-7-13/h2-7,10-11H,8-9H2,1H3,(H,20,26)(H,21,25)(H,23,27). The number of thiophene rings is 1. The van der Waals surface area contributed by atoms with Gasteiger partial charge in [-0.15, -0.1) is 11.3 Å². The molecule has 28 heavy (non-hydrogen) atoms. The lowest BCUT2D eigenvalue weighted by Crippen LogP contribution is -2.33. The third kappa shape index (κ3) is 4.94. The van der Waals surface area contributed by atoms with Crippen molar-refractivity contribution in [1.82, 2.24) is 20.1 Å². The number of aromatic amines is 1. The maximum absolute atomic E-state index is 12.5. The molecule has 0 aliphatic rings. The molecule has 2 heterocycles. The van der Waals surface area contributed by atoms with Crippen molar-refractivity contribution in [3.63, 3.8) is 0 Å². The van der Waals surface area contributed by atoms with Gasteiger partial charge >= 0.3 is 0 Å². The Hall–Kier alpha value is -2.30. The topological polar surface area (TPSA) is 91.8 Å². The number of rotatable bonds is 7. The normalized spacial score (nSPS) is 11.8. The fraction of sp³-hybridized carbons (Fsp3) is 0.222. The second kappa shape index (κ2) is 9.26. The highest BCUT2D eigenvalue weighted by molar-refractivity contribution is 9.10. The van der Waals surface area contributed by atoms with Crippen LogP contribution < -0.4 is 10.6 Å². The van der Waals surface area contributed by atoms with Gasteiger partial charge in [-0.05, 0) is 54.9 Å². The minimum atomic E-state index is -0.558. The summed E-state index contributed by atoms with van der Waals surface area (Å²) in [7, 11) is 0. The highest BCUT2D eigenvalue weighted by Gasteiger charge is 2.21. The molecule has 3 aromatic rings. The van der Waals surface area contributed by atoms with E-state index in [4.69, 9.17) is 12.2 Å². The molecule has 2 aromatic heterocycles. The van der Waals surface area contributed by atoms with Crippen molar-refractivity contribution in [1.29, 1.82) is 0 Å². The first-order chi connectivity index (χ1) is 13.5. The van der Waals surface area contributed by atoms with E-state index in [1.54, 1.807) is 23.6 Å². The SMILES string of the molecule is CC(C(=O)NCCC(=O)Nc1ccc(Br)cc1)n1c(-c2cccs2)n[nH]c1=S. The summed E-state index contributed by atoms with van der Waals surface area (Å²) in [6.07, 6.45) is 0.170. The van der Waals surface area contributed by atoms with E-state index in [2.05, 4.69) is 36.8 Å². The van der Waals surface area contributed by atoms with Gasteiger partial charge in [-0.3, -0.25) is 19.3 Å². The maximum atomic E-state index is 12.5. The van der Waals surface area contributed by atoms with Crippen molar-refractivity contribution < 1.29 is 9.59 Å². The van der Waals surface area contributed by atoms with Gasteiger partial charge in [0.05, 0.1) is 4.88 Å². The summed E-state index contributed by atoms with van der Waals surface area (Å²) in [4.78, 5) is 25.5. The van der Waals surface area contributed by atoms with Gasteiger partial charge in [0.15, 0.2) is 10.6 Å². The third-order valence-corrected chi connectivity index (χ3v) is 5.67. The van der Waals surface area contributed by atoms with E-state index in [0.29, 0.717) is 16.3 Å². The average molecular weight is 480 g/mol. The molecular weight excluding hydrogens is 462 g/mol. The number of anilines is 1. The second-order valence-corrected chi connectivity index (χ2v) is 8.22. The fourth-order valence-corrected chi connectivity index (χ4v) is 3.83. The summed E-state index contributed by atoms with van der Waals surface area (Å²) in [5.74, 6) is 0.219. The van der Waals surface area contributed by atoms with Crippen LogP contribution in [-0.2, 0) is 9.59 Å². The molecule has 3 N–H and O–H groups in total. The molecule has 0 radical (unpaired) electrons. The molecule has 0 aliphatic heterocycles. The summed E-state index contributed by atoms with van der Waals surface area (Å²) < 4.78 is 2.99. The number of hydrogen-bond acceptors (Lipinski definition) is 5. The predicted octanol–water partition coefficient (Wildman–Crippen LogP) is 4.14. The number of amides is 2. The number of H-pyrrole nitrogens is 1. The zero-order valence-corrected chi connectivity index (χ0v) is 18.2. The number of hydrogen-bond donors (Lipinski definition) is 3.